The molecule has 0 fully saturated rings. The zero-order chi connectivity index (χ0) is 13.1. The van der Waals surface area contributed by atoms with Crippen molar-refractivity contribution in [2.45, 2.75) is 25.9 Å². The number of nitro benzene ring substituents is 1. The molecular weight excluding hydrogens is 244 g/mol. The predicted octanol–water partition coefficient (Wildman–Crippen LogP) is 2.82. The number of hydrogen-bond donors (Lipinski definition) is 2. The molecule has 6 heteroatoms. The smallest absolute Gasteiger partial charge is 0.293 e. The third-order valence-corrected chi connectivity index (χ3v) is 2.91. The molecule has 0 aliphatic heterocycles. The molecule has 5 nitrogen and oxygen atoms in total. The van der Waals surface area contributed by atoms with Gasteiger partial charge in [0, 0.05) is 12.6 Å². The van der Waals surface area contributed by atoms with Crippen LogP contribution in [0.1, 0.15) is 20.3 Å². The Hall–Kier alpha value is -1.33. The van der Waals surface area contributed by atoms with Crippen LogP contribution in [0.25, 0.3) is 0 Å². The second kappa shape index (κ2) is 5.33. The summed E-state index contributed by atoms with van der Waals surface area (Å²) in [6, 6.07) is 4.45. The van der Waals surface area contributed by atoms with Crippen molar-refractivity contribution in [3.8, 4) is 0 Å². The summed E-state index contributed by atoms with van der Waals surface area (Å²) in [7, 11) is 0. The molecular formula is C11H15ClN2O3. The maximum atomic E-state index is 10.8. The number of nitrogens with zero attached hydrogens (tertiary/aromatic N) is 1. The van der Waals surface area contributed by atoms with Crippen molar-refractivity contribution in [1.29, 1.82) is 0 Å². The highest BCUT2D eigenvalue weighted by Crippen LogP contribution is 2.32. The summed E-state index contributed by atoms with van der Waals surface area (Å²) < 4.78 is 0. The molecule has 0 saturated carbocycles. The van der Waals surface area contributed by atoms with E-state index in [1.54, 1.807) is 13.0 Å². The molecule has 1 aromatic carbocycles. The summed E-state index contributed by atoms with van der Waals surface area (Å²) in [6.07, 6.45) is 0.540. The number of benzene rings is 1. The molecule has 0 saturated heterocycles. The normalized spacial score (nSPS) is 14.1. The van der Waals surface area contributed by atoms with E-state index in [1.807, 2.05) is 6.92 Å². The molecule has 2 N–H and O–H groups in total. The van der Waals surface area contributed by atoms with Gasteiger partial charge in [0.15, 0.2) is 0 Å². The van der Waals surface area contributed by atoms with Gasteiger partial charge in [-0.25, -0.2) is 0 Å². The van der Waals surface area contributed by atoms with E-state index in [9.17, 15) is 15.2 Å². The zero-order valence-electron chi connectivity index (χ0n) is 9.74. The molecule has 0 amide bonds. The second-order valence-corrected chi connectivity index (χ2v) is 4.50. The Balaban J connectivity index is 2.94. The van der Waals surface area contributed by atoms with Crippen molar-refractivity contribution in [3.05, 3.63) is 33.3 Å². The van der Waals surface area contributed by atoms with Crippen LogP contribution >= 0.6 is 11.6 Å². The first-order valence-corrected chi connectivity index (χ1v) is 5.64. The number of aliphatic hydroxyl groups is 1. The minimum atomic E-state index is -0.924. The first kappa shape index (κ1) is 13.7. The van der Waals surface area contributed by atoms with E-state index in [2.05, 4.69) is 5.32 Å². The summed E-state index contributed by atoms with van der Waals surface area (Å²) in [5.41, 5.74) is -0.773. The average molecular weight is 259 g/mol. The SMILES string of the molecule is CCC(C)(O)CNc1c(Cl)cccc1[N+](=O)[O-]. The van der Waals surface area contributed by atoms with Gasteiger partial charge in [0.2, 0.25) is 0 Å². The number of rotatable bonds is 5. The van der Waals surface area contributed by atoms with Crippen LogP contribution in [0, 0.1) is 10.1 Å². The number of nitrogens with one attached hydrogen (secondary N) is 1. The third kappa shape index (κ3) is 3.57. The van der Waals surface area contributed by atoms with Gasteiger partial charge in [-0.1, -0.05) is 24.6 Å². The van der Waals surface area contributed by atoms with Gasteiger partial charge in [-0.05, 0) is 19.4 Å². The minimum Gasteiger partial charge on any atom is -0.388 e. The van der Waals surface area contributed by atoms with Gasteiger partial charge < -0.3 is 10.4 Å². The quantitative estimate of drug-likeness (QED) is 0.629. The number of halogens is 1. The highest BCUT2D eigenvalue weighted by atomic mass is 35.5. The van der Waals surface area contributed by atoms with E-state index >= 15 is 0 Å². The van der Waals surface area contributed by atoms with Gasteiger partial charge in [0.05, 0.1) is 15.5 Å². The Morgan fingerprint density at radius 3 is 2.76 bits per heavy atom. The highest BCUT2D eigenvalue weighted by Gasteiger charge is 2.21. The van der Waals surface area contributed by atoms with Gasteiger partial charge in [-0.2, -0.15) is 0 Å². The molecule has 17 heavy (non-hydrogen) atoms. The molecule has 1 rings (SSSR count). The lowest BCUT2D eigenvalue weighted by molar-refractivity contribution is -0.384. The average Bonchev–Trinajstić information content (AvgIpc) is 2.27. The highest BCUT2D eigenvalue weighted by molar-refractivity contribution is 6.33. The van der Waals surface area contributed by atoms with Gasteiger partial charge in [0.25, 0.3) is 5.69 Å². The van der Waals surface area contributed by atoms with Gasteiger partial charge in [-0.3, -0.25) is 10.1 Å². The molecule has 0 aliphatic rings. The number of para-hydroxylation sites is 1. The minimum absolute atomic E-state index is 0.0931. The fraction of sp³-hybridized carbons (Fsp3) is 0.455. The Bertz CT molecular complexity index is 421. The van der Waals surface area contributed by atoms with Crippen molar-refractivity contribution in [3.63, 3.8) is 0 Å². The Kier molecular flexibility index (Phi) is 4.31. The number of anilines is 1. The summed E-state index contributed by atoms with van der Waals surface area (Å²) >= 11 is 5.90. The van der Waals surface area contributed by atoms with Crippen LogP contribution in [-0.4, -0.2) is 22.2 Å². The largest absolute Gasteiger partial charge is 0.388 e. The Morgan fingerprint density at radius 1 is 1.59 bits per heavy atom. The van der Waals surface area contributed by atoms with E-state index in [0.29, 0.717) is 6.42 Å². The lowest BCUT2D eigenvalue weighted by Gasteiger charge is -2.22. The fourth-order valence-corrected chi connectivity index (χ4v) is 1.48. The number of hydrogen-bond acceptors (Lipinski definition) is 4. The molecule has 1 aromatic rings. The van der Waals surface area contributed by atoms with Crippen LogP contribution in [0.5, 0.6) is 0 Å². The Labute approximate surface area is 105 Å². The van der Waals surface area contributed by atoms with E-state index in [0.717, 1.165) is 0 Å². The van der Waals surface area contributed by atoms with E-state index in [-0.39, 0.29) is 22.9 Å². The van der Waals surface area contributed by atoms with Crippen molar-refractivity contribution >= 4 is 23.0 Å². The molecule has 0 aromatic heterocycles. The van der Waals surface area contributed by atoms with Crippen LogP contribution < -0.4 is 5.32 Å². The van der Waals surface area contributed by atoms with Crippen molar-refractivity contribution < 1.29 is 10.0 Å². The van der Waals surface area contributed by atoms with Crippen LogP contribution in [0.2, 0.25) is 5.02 Å². The number of nitro groups is 1. The van der Waals surface area contributed by atoms with Crippen LogP contribution in [0.3, 0.4) is 0 Å². The monoisotopic (exact) mass is 258 g/mol. The molecule has 0 spiro atoms. The van der Waals surface area contributed by atoms with Crippen LogP contribution in [-0.2, 0) is 0 Å². The van der Waals surface area contributed by atoms with E-state index in [4.69, 9.17) is 11.6 Å². The summed E-state index contributed by atoms with van der Waals surface area (Å²) in [5, 5.41) is 23.7. The summed E-state index contributed by atoms with van der Waals surface area (Å²) in [4.78, 5) is 10.3. The molecule has 0 aliphatic carbocycles. The molecule has 94 valence electrons. The van der Waals surface area contributed by atoms with E-state index in [1.165, 1.54) is 12.1 Å². The van der Waals surface area contributed by atoms with Crippen LogP contribution in [0.4, 0.5) is 11.4 Å². The molecule has 0 radical (unpaired) electrons. The van der Waals surface area contributed by atoms with Crippen molar-refractivity contribution in [2.24, 2.45) is 0 Å². The fourth-order valence-electron chi connectivity index (χ4n) is 1.24. The molecule has 0 bridgehead atoms. The van der Waals surface area contributed by atoms with Gasteiger partial charge in [-0.15, -0.1) is 0 Å². The van der Waals surface area contributed by atoms with Crippen molar-refractivity contribution in [1.82, 2.24) is 0 Å². The molecule has 0 heterocycles. The first-order valence-electron chi connectivity index (χ1n) is 5.26. The van der Waals surface area contributed by atoms with E-state index < -0.39 is 10.5 Å². The Morgan fingerprint density at radius 2 is 2.24 bits per heavy atom. The molecule has 1 unspecified atom stereocenters. The lowest BCUT2D eigenvalue weighted by Crippen LogP contribution is -2.32. The summed E-state index contributed by atoms with van der Waals surface area (Å²) in [5.74, 6) is 0. The predicted molar refractivity (Wildman–Crippen MR) is 67.5 cm³/mol. The van der Waals surface area contributed by atoms with Gasteiger partial charge in [0.1, 0.15) is 5.69 Å². The van der Waals surface area contributed by atoms with Gasteiger partial charge >= 0.3 is 0 Å². The lowest BCUT2D eigenvalue weighted by atomic mass is 10.0. The second-order valence-electron chi connectivity index (χ2n) is 4.10. The molecule has 1 atom stereocenters. The topological polar surface area (TPSA) is 75.4 Å². The third-order valence-electron chi connectivity index (χ3n) is 2.60. The maximum absolute atomic E-state index is 10.8. The first-order chi connectivity index (χ1) is 7.87. The zero-order valence-corrected chi connectivity index (χ0v) is 10.5. The standard InChI is InChI=1S/C11H15ClN2O3/c1-3-11(2,15)7-13-10-8(12)5-4-6-9(10)14(16)17/h4-6,13,15H,3,7H2,1-2H3. The maximum Gasteiger partial charge on any atom is 0.293 e. The van der Waals surface area contributed by atoms with Crippen LogP contribution in [0.15, 0.2) is 18.2 Å². The van der Waals surface area contributed by atoms with Crippen molar-refractivity contribution in [2.75, 3.05) is 11.9 Å². The summed E-state index contributed by atoms with van der Waals surface area (Å²) in [6.45, 7) is 3.69.